The molecule has 0 aromatic carbocycles. The van der Waals surface area contributed by atoms with Crippen molar-refractivity contribution in [3.05, 3.63) is 24.3 Å². The molecule has 2 aliphatic carbocycles. The van der Waals surface area contributed by atoms with E-state index in [9.17, 15) is 9.59 Å². The lowest BCUT2D eigenvalue weighted by atomic mass is 9.87. The van der Waals surface area contributed by atoms with Crippen LogP contribution in [0.5, 0.6) is 0 Å². The van der Waals surface area contributed by atoms with Crippen LogP contribution in [-0.2, 0) is 9.59 Å². The Bertz CT molecular complexity index is 378. The summed E-state index contributed by atoms with van der Waals surface area (Å²) in [5, 5.41) is 0. The molecular formula is C12H13NO2. The first-order valence-corrected chi connectivity index (χ1v) is 5.41. The van der Waals surface area contributed by atoms with Crippen molar-refractivity contribution in [1.82, 2.24) is 4.90 Å². The third kappa shape index (κ3) is 1.26. The fourth-order valence-corrected chi connectivity index (χ4v) is 2.95. The Balaban J connectivity index is 1.79. The molecule has 1 fully saturated rings. The molecule has 2 amide bonds. The molecule has 3 nitrogen and oxygen atoms in total. The van der Waals surface area contributed by atoms with Gasteiger partial charge in [-0.2, -0.15) is 0 Å². The van der Waals surface area contributed by atoms with Gasteiger partial charge in [0.1, 0.15) is 0 Å². The summed E-state index contributed by atoms with van der Waals surface area (Å²) in [5.41, 5.74) is 0.0992. The number of carbonyl (C=O) groups is 2. The van der Waals surface area contributed by atoms with E-state index in [1.807, 2.05) is 0 Å². The van der Waals surface area contributed by atoms with Gasteiger partial charge in [0.25, 0.3) is 11.8 Å². The van der Waals surface area contributed by atoms with Crippen LogP contribution in [0.4, 0.5) is 0 Å². The minimum absolute atomic E-state index is 0.0992. The van der Waals surface area contributed by atoms with E-state index in [2.05, 4.69) is 12.2 Å². The monoisotopic (exact) mass is 203 g/mol. The molecule has 0 saturated heterocycles. The van der Waals surface area contributed by atoms with Crippen LogP contribution in [0.15, 0.2) is 24.3 Å². The number of hydrogen-bond acceptors (Lipinski definition) is 2. The highest BCUT2D eigenvalue weighted by atomic mass is 16.2. The molecule has 1 aliphatic heterocycles. The van der Waals surface area contributed by atoms with Gasteiger partial charge in [-0.05, 0) is 25.2 Å². The Kier molecular flexibility index (Phi) is 1.67. The molecular weight excluding hydrogens is 190 g/mol. The van der Waals surface area contributed by atoms with Crippen LogP contribution in [0, 0.1) is 11.3 Å². The molecule has 2 unspecified atom stereocenters. The van der Waals surface area contributed by atoms with Gasteiger partial charge in [0.05, 0.1) is 0 Å². The minimum atomic E-state index is -0.155. The Hall–Kier alpha value is -1.38. The van der Waals surface area contributed by atoms with Crippen LogP contribution in [0.2, 0.25) is 0 Å². The standard InChI is InChI=1S/C12H13NO2/c14-10-1-2-11(15)13(10)8-12-5-3-9(7-12)4-6-12/h1-3,5,9H,4,6-8H2. The number of amides is 2. The van der Waals surface area contributed by atoms with Crippen molar-refractivity contribution >= 4 is 11.8 Å². The molecule has 2 bridgehead atoms. The van der Waals surface area contributed by atoms with Crippen molar-refractivity contribution in [3.63, 3.8) is 0 Å². The van der Waals surface area contributed by atoms with Crippen LogP contribution in [0.25, 0.3) is 0 Å². The Labute approximate surface area is 88.4 Å². The number of rotatable bonds is 2. The number of allylic oxidation sites excluding steroid dienone is 1. The number of hydrogen-bond donors (Lipinski definition) is 0. The molecule has 0 spiro atoms. The summed E-state index contributed by atoms with van der Waals surface area (Å²) in [7, 11) is 0. The van der Waals surface area contributed by atoms with Crippen molar-refractivity contribution in [2.24, 2.45) is 11.3 Å². The van der Waals surface area contributed by atoms with Gasteiger partial charge in [-0.1, -0.05) is 12.2 Å². The van der Waals surface area contributed by atoms with Crippen molar-refractivity contribution in [3.8, 4) is 0 Å². The number of imide groups is 1. The number of nitrogens with zero attached hydrogens (tertiary/aromatic N) is 1. The van der Waals surface area contributed by atoms with Crippen molar-refractivity contribution in [2.45, 2.75) is 19.3 Å². The quantitative estimate of drug-likeness (QED) is 0.500. The van der Waals surface area contributed by atoms with Crippen molar-refractivity contribution in [1.29, 1.82) is 0 Å². The summed E-state index contributed by atoms with van der Waals surface area (Å²) in [6.45, 7) is 0.574. The van der Waals surface area contributed by atoms with Gasteiger partial charge >= 0.3 is 0 Å². The lowest BCUT2D eigenvalue weighted by molar-refractivity contribution is -0.138. The van der Waals surface area contributed by atoms with Gasteiger partial charge in [0.15, 0.2) is 0 Å². The zero-order valence-electron chi connectivity index (χ0n) is 8.48. The van der Waals surface area contributed by atoms with Gasteiger partial charge in [-0.15, -0.1) is 0 Å². The average Bonchev–Trinajstić information content (AvgIpc) is 2.88. The lowest BCUT2D eigenvalue weighted by Gasteiger charge is -2.28. The SMILES string of the molecule is O=C1C=CC(=O)N1CC12C=CC(CC1)C2. The van der Waals surface area contributed by atoms with E-state index in [1.54, 1.807) is 0 Å². The number of fused-ring (bicyclic) bond motifs is 2. The van der Waals surface area contributed by atoms with E-state index in [1.165, 1.54) is 23.5 Å². The summed E-state index contributed by atoms with van der Waals surface area (Å²) in [6.07, 6.45) is 10.6. The highest BCUT2D eigenvalue weighted by molar-refractivity contribution is 6.12. The maximum atomic E-state index is 11.4. The summed E-state index contributed by atoms with van der Waals surface area (Å²) in [6, 6.07) is 0. The van der Waals surface area contributed by atoms with E-state index < -0.39 is 0 Å². The van der Waals surface area contributed by atoms with E-state index in [-0.39, 0.29) is 17.2 Å². The summed E-state index contributed by atoms with van der Waals surface area (Å²) >= 11 is 0. The lowest BCUT2D eigenvalue weighted by Crippen LogP contribution is -2.38. The third-order valence-corrected chi connectivity index (χ3v) is 3.78. The maximum Gasteiger partial charge on any atom is 0.253 e. The Morgan fingerprint density at radius 1 is 1.33 bits per heavy atom. The van der Waals surface area contributed by atoms with Gasteiger partial charge in [-0.25, -0.2) is 0 Å². The van der Waals surface area contributed by atoms with E-state index in [0.29, 0.717) is 12.5 Å². The first kappa shape index (κ1) is 8.89. The molecule has 0 aromatic rings. The fraction of sp³-hybridized carbons (Fsp3) is 0.500. The van der Waals surface area contributed by atoms with Crippen LogP contribution in [-0.4, -0.2) is 23.3 Å². The second-order valence-corrected chi connectivity index (χ2v) is 4.82. The molecule has 3 heteroatoms. The first-order valence-electron chi connectivity index (χ1n) is 5.41. The Morgan fingerprint density at radius 3 is 2.53 bits per heavy atom. The van der Waals surface area contributed by atoms with Gasteiger partial charge in [0, 0.05) is 24.1 Å². The Morgan fingerprint density at radius 2 is 2.07 bits per heavy atom. The molecule has 1 saturated carbocycles. The molecule has 0 aromatic heterocycles. The first-order chi connectivity index (χ1) is 7.19. The molecule has 0 radical (unpaired) electrons. The van der Waals surface area contributed by atoms with Gasteiger partial charge in [0.2, 0.25) is 0 Å². The predicted octanol–water partition coefficient (Wildman–Crippen LogP) is 1.27. The molecule has 1 heterocycles. The predicted molar refractivity (Wildman–Crippen MR) is 54.8 cm³/mol. The molecule has 15 heavy (non-hydrogen) atoms. The minimum Gasteiger partial charge on any atom is -0.275 e. The zero-order chi connectivity index (χ0) is 10.5. The smallest absolute Gasteiger partial charge is 0.253 e. The average molecular weight is 203 g/mol. The summed E-state index contributed by atoms with van der Waals surface area (Å²) < 4.78 is 0. The van der Waals surface area contributed by atoms with E-state index >= 15 is 0 Å². The molecule has 0 N–H and O–H groups in total. The van der Waals surface area contributed by atoms with E-state index in [4.69, 9.17) is 0 Å². The van der Waals surface area contributed by atoms with Crippen molar-refractivity contribution < 1.29 is 9.59 Å². The van der Waals surface area contributed by atoms with Crippen LogP contribution in [0.3, 0.4) is 0 Å². The largest absolute Gasteiger partial charge is 0.275 e. The second kappa shape index (κ2) is 2.81. The maximum absolute atomic E-state index is 11.4. The van der Waals surface area contributed by atoms with E-state index in [0.717, 1.165) is 12.8 Å². The highest BCUT2D eigenvalue weighted by Gasteiger charge is 2.43. The fourth-order valence-electron chi connectivity index (χ4n) is 2.95. The summed E-state index contributed by atoms with van der Waals surface area (Å²) in [5.74, 6) is 0.377. The van der Waals surface area contributed by atoms with Crippen LogP contribution in [0.1, 0.15) is 19.3 Å². The normalized spacial score (nSPS) is 37.3. The van der Waals surface area contributed by atoms with Gasteiger partial charge in [-0.3, -0.25) is 14.5 Å². The van der Waals surface area contributed by atoms with Crippen molar-refractivity contribution in [2.75, 3.05) is 6.54 Å². The van der Waals surface area contributed by atoms with Crippen LogP contribution < -0.4 is 0 Å². The highest BCUT2D eigenvalue weighted by Crippen LogP contribution is 2.49. The summed E-state index contributed by atoms with van der Waals surface area (Å²) in [4.78, 5) is 24.2. The second-order valence-electron chi connectivity index (χ2n) is 4.82. The molecule has 78 valence electrons. The van der Waals surface area contributed by atoms with Crippen LogP contribution >= 0.6 is 0 Å². The zero-order valence-corrected chi connectivity index (χ0v) is 8.48. The van der Waals surface area contributed by atoms with Gasteiger partial charge < -0.3 is 0 Å². The molecule has 3 rings (SSSR count). The third-order valence-electron chi connectivity index (χ3n) is 3.78. The topological polar surface area (TPSA) is 37.4 Å². The molecule has 2 atom stereocenters. The molecule has 3 aliphatic rings. The number of carbonyl (C=O) groups excluding carboxylic acids is 2.